The summed E-state index contributed by atoms with van der Waals surface area (Å²) in [6, 6.07) is 8.66. The van der Waals surface area contributed by atoms with Gasteiger partial charge in [-0.3, -0.25) is 4.79 Å². The molecule has 1 aliphatic carbocycles. The standard InChI is InChI=1S/C23H26N4O2/c1-14-15(2)27-13-19(22(29)24-9-10-28)18-7-8-23(26-20(18)21(27)25-14)11-16-5-3-4-6-17(16)12-23/h3-6,13,26,28H,7-12H2,1-2H3,(H,24,29). The highest BCUT2D eigenvalue weighted by atomic mass is 16.3. The summed E-state index contributed by atoms with van der Waals surface area (Å²) in [6.07, 6.45) is 5.70. The van der Waals surface area contributed by atoms with Crippen molar-refractivity contribution in [2.24, 2.45) is 0 Å². The molecule has 2 aliphatic rings. The van der Waals surface area contributed by atoms with Crippen LogP contribution in [0.25, 0.3) is 5.65 Å². The topological polar surface area (TPSA) is 78.7 Å². The molecular formula is C23H26N4O2. The summed E-state index contributed by atoms with van der Waals surface area (Å²) in [5.41, 5.74) is 8.37. The molecule has 0 saturated heterocycles. The molecule has 0 unspecified atom stereocenters. The van der Waals surface area contributed by atoms with Crippen molar-refractivity contribution in [3.05, 3.63) is 64.1 Å². The van der Waals surface area contributed by atoms with Gasteiger partial charge in [0, 0.05) is 24.0 Å². The SMILES string of the molecule is Cc1nc2c3c(c(C(=O)NCCO)cn2c1C)CCC1(Cc2ccccc2C1)N3. The van der Waals surface area contributed by atoms with Gasteiger partial charge in [0.15, 0.2) is 5.65 Å². The average Bonchev–Trinajstić information content (AvgIpc) is 3.22. The van der Waals surface area contributed by atoms with Crippen molar-refractivity contribution in [1.29, 1.82) is 0 Å². The first-order valence-corrected chi connectivity index (χ1v) is 10.3. The molecule has 3 N–H and O–H groups in total. The van der Waals surface area contributed by atoms with Gasteiger partial charge in [-0.05, 0) is 56.2 Å². The van der Waals surface area contributed by atoms with Crippen molar-refractivity contribution >= 4 is 17.2 Å². The number of hydrogen-bond acceptors (Lipinski definition) is 4. The van der Waals surface area contributed by atoms with Gasteiger partial charge in [-0.15, -0.1) is 0 Å². The molecule has 6 heteroatoms. The van der Waals surface area contributed by atoms with E-state index >= 15 is 0 Å². The summed E-state index contributed by atoms with van der Waals surface area (Å²) in [5.74, 6) is -0.143. The third-order valence-electron chi connectivity index (χ3n) is 6.56. The van der Waals surface area contributed by atoms with Crippen LogP contribution in [0.15, 0.2) is 30.5 Å². The van der Waals surface area contributed by atoms with E-state index in [-0.39, 0.29) is 24.6 Å². The number of aliphatic hydroxyl groups excluding tert-OH is 1. The van der Waals surface area contributed by atoms with Gasteiger partial charge in [-0.1, -0.05) is 24.3 Å². The first-order valence-electron chi connectivity index (χ1n) is 10.3. The second-order valence-corrected chi connectivity index (χ2v) is 8.38. The molecule has 3 aromatic rings. The Bertz CT molecular complexity index is 1110. The fourth-order valence-corrected chi connectivity index (χ4v) is 4.94. The minimum atomic E-state index is -0.143. The van der Waals surface area contributed by atoms with Gasteiger partial charge in [0.05, 0.1) is 23.6 Å². The number of benzene rings is 1. The highest BCUT2D eigenvalue weighted by Gasteiger charge is 2.41. The quantitative estimate of drug-likeness (QED) is 0.642. The van der Waals surface area contributed by atoms with E-state index < -0.39 is 0 Å². The van der Waals surface area contributed by atoms with Gasteiger partial charge in [0.1, 0.15) is 0 Å². The molecule has 1 spiro atoms. The number of hydrogen-bond donors (Lipinski definition) is 3. The number of anilines is 1. The van der Waals surface area contributed by atoms with Gasteiger partial charge in [0.2, 0.25) is 0 Å². The maximum atomic E-state index is 12.8. The second-order valence-electron chi connectivity index (χ2n) is 8.38. The van der Waals surface area contributed by atoms with Crippen LogP contribution in [-0.4, -0.2) is 39.1 Å². The highest BCUT2D eigenvalue weighted by molar-refractivity contribution is 5.99. The second kappa shape index (κ2) is 6.59. The van der Waals surface area contributed by atoms with Crippen LogP contribution >= 0.6 is 0 Å². The number of carbonyl (C=O) groups is 1. The van der Waals surface area contributed by atoms with E-state index in [9.17, 15) is 4.79 Å². The maximum Gasteiger partial charge on any atom is 0.253 e. The molecule has 150 valence electrons. The number of amides is 1. The van der Waals surface area contributed by atoms with E-state index in [0.29, 0.717) is 5.56 Å². The minimum absolute atomic E-state index is 0.0227. The maximum absolute atomic E-state index is 12.8. The number of pyridine rings is 1. The number of fused-ring (bicyclic) bond motifs is 4. The number of aliphatic hydroxyl groups is 1. The molecule has 6 nitrogen and oxygen atoms in total. The lowest BCUT2D eigenvalue weighted by Gasteiger charge is -2.37. The van der Waals surface area contributed by atoms with E-state index in [2.05, 4.69) is 34.9 Å². The molecule has 0 bridgehead atoms. The third kappa shape index (κ3) is 2.82. The molecule has 3 heterocycles. The predicted molar refractivity (Wildman–Crippen MR) is 113 cm³/mol. The number of nitrogens with zero attached hydrogens (tertiary/aromatic N) is 2. The summed E-state index contributed by atoms with van der Waals surface area (Å²) < 4.78 is 2.02. The Hall–Kier alpha value is -2.86. The van der Waals surface area contributed by atoms with E-state index in [0.717, 1.165) is 54.0 Å². The summed E-state index contributed by atoms with van der Waals surface area (Å²) in [6.45, 7) is 4.21. The highest BCUT2D eigenvalue weighted by Crippen LogP contribution is 2.43. The van der Waals surface area contributed by atoms with Gasteiger partial charge >= 0.3 is 0 Å². The Morgan fingerprint density at radius 1 is 1.28 bits per heavy atom. The first kappa shape index (κ1) is 18.2. The molecule has 2 aromatic heterocycles. The van der Waals surface area contributed by atoms with Gasteiger partial charge < -0.3 is 20.1 Å². The van der Waals surface area contributed by atoms with E-state index in [4.69, 9.17) is 10.1 Å². The smallest absolute Gasteiger partial charge is 0.253 e. The minimum Gasteiger partial charge on any atom is -0.395 e. The summed E-state index contributed by atoms with van der Waals surface area (Å²) >= 11 is 0. The van der Waals surface area contributed by atoms with Crippen LogP contribution in [0.3, 0.4) is 0 Å². The van der Waals surface area contributed by atoms with Crippen LogP contribution in [0.4, 0.5) is 5.69 Å². The Morgan fingerprint density at radius 3 is 2.69 bits per heavy atom. The number of rotatable bonds is 3. The number of aryl methyl sites for hydroxylation is 2. The molecular weight excluding hydrogens is 364 g/mol. The van der Waals surface area contributed by atoms with Gasteiger partial charge in [0.25, 0.3) is 5.91 Å². The van der Waals surface area contributed by atoms with E-state index in [1.165, 1.54) is 11.1 Å². The summed E-state index contributed by atoms with van der Waals surface area (Å²) in [4.78, 5) is 17.7. The van der Waals surface area contributed by atoms with Crippen molar-refractivity contribution in [3.63, 3.8) is 0 Å². The zero-order valence-corrected chi connectivity index (χ0v) is 16.9. The van der Waals surface area contributed by atoms with Crippen LogP contribution in [0.1, 0.15) is 44.9 Å². The van der Waals surface area contributed by atoms with E-state index in [1.54, 1.807) is 0 Å². The average molecular weight is 390 g/mol. The number of imidazole rings is 1. The number of carbonyl (C=O) groups excluding carboxylic acids is 1. The van der Waals surface area contributed by atoms with Crippen molar-refractivity contribution in [1.82, 2.24) is 14.7 Å². The fourth-order valence-electron chi connectivity index (χ4n) is 4.94. The molecule has 1 amide bonds. The molecule has 0 saturated carbocycles. The first-order chi connectivity index (χ1) is 14.0. The lowest BCUT2D eigenvalue weighted by molar-refractivity contribution is 0.0943. The summed E-state index contributed by atoms with van der Waals surface area (Å²) in [5, 5.41) is 15.8. The molecule has 5 rings (SSSR count). The van der Waals surface area contributed by atoms with Crippen LogP contribution in [0, 0.1) is 13.8 Å². The normalized spacial score (nSPS) is 16.5. The van der Waals surface area contributed by atoms with Crippen LogP contribution in [-0.2, 0) is 19.3 Å². The predicted octanol–water partition coefficient (Wildman–Crippen LogP) is 2.57. The fraction of sp³-hybridized carbons (Fsp3) is 0.391. The van der Waals surface area contributed by atoms with Crippen molar-refractivity contribution in [2.45, 2.75) is 45.1 Å². The Balaban J connectivity index is 1.62. The molecule has 1 aliphatic heterocycles. The third-order valence-corrected chi connectivity index (χ3v) is 6.56. The van der Waals surface area contributed by atoms with Crippen molar-refractivity contribution < 1.29 is 9.90 Å². The zero-order valence-electron chi connectivity index (χ0n) is 16.9. The molecule has 1 aromatic carbocycles. The lowest BCUT2D eigenvalue weighted by Crippen LogP contribution is -2.43. The van der Waals surface area contributed by atoms with Crippen LogP contribution in [0.5, 0.6) is 0 Å². The van der Waals surface area contributed by atoms with Gasteiger partial charge in [-0.2, -0.15) is 0 Å². The Morgan fingerprint density at radius 2 is 2.00 bits per heavy atom. The summed E-state index contributed by atoms with van der Waals surface area (Å²) in [7, 11) is 0. The molecule has 0 radical (unpaired) electrons. The van der Waals surface area contributed by atoms with Crippen molar-refractivity contribution in [3.8, 4) is 0 Å². The van der Waals surface area contributed by atoms with Crippen LogP contribution < -0.4 is 10.6 Å². The molecule has 0 fully saturated rings. The Kier molecular flexibility index (Phi) is 4.13. The van der Waals surface area contributed by atoms with E-state index in [1.807, 2.05) is 24.4 Å². The zero-order chi connectivity index (χ0) is 20.2. The number of nitrogens with one attached hydrogen (secondary N) is 2. The largest absolute Gasteiger partial charge is 0.395 e. The van der Waals surface area contributed by atoms with Crippen molar-refractivity contribution in [2.75, 3.05) is 18.5 Å². The van der Waals surface area contributed by atoms with Gasteiger partial charge in [-0.25, -0.2) is 4.98 Å². The number of aromatic nitrogens is 2. The monoisotopic (exact) mass is 390 g/mol. The van der Waals surface area contributed by atoms with Crippen LogP contribution in [0.2, 0.25) is 0 Å². The molecule has 29 heavy (non-hydrogen) atoms. The molecule has 0 atom stereocenters. The Labute approximate surface area is 170 Å². The lowest BCUT2D eigenvalue weighted by atomic mass is 9.82.